The van der Waals surface area contributed by atoms with Gasteiger partial charge in [0.2, 0.25) is 5.88 Å². The molecule has 5 nitrogen and oxygen atoms in total. The van der Waals surface area contributed by atoms with Crippen LogP contribution >= 0.6 is 11.7 Å². The number of rotatable bonds is 8. The summed E-state index contributed by atoms with van der Waals surface area (Å²) in [6.07, 6.45) is 9.25. The maximum atomic E-state index is 9.75. The molecule has 1 saturated carbocycles. The minimum Gasteiger partial charge on any atom is -0.473 e. The fourth-order valence-corrected chi connectivity index (χ4v) is 2.88. The molecule has 108 valence electrons. The highest BCUT2D eigenvalue weighted by Gasteiger charge is 2.13. The van der Waals surface area contributed by atoms with Crippen molar-refractivity contribution in [3.63, 3.8) is 0 Å². The molecule has 19 heavy (non-hydrogen) atoms. The van der Waals surface area contributed by atoms with Gasteiger partial charge in [0.1, 0.15) is 18.9 Å². The van der Waals surface area contributed by atoms with E-state index in [1.54, 1.807) is 6.20 Å². The number of hydrogen-bond donors (Lipinski definition) is 2. The molecule has 1 atom stereocenters. The van der Waals surface area contributed by atoms with E-state index in [1.165, 1.54) is 38.5 Å². The largest absolute Gasteiger partial charge is 0.473 e. The number of hydrogen-bond acceptors (Lipinski definition) is 6. The van der Waals surface area contributed by atoms with Crippen LogP contribution in [0, 0.1) is 5.92 Å². The molecule has 0 saturated heterocycles. The molecular weight excluding hydrogens is 262 g/mol. The monoisotopic (exact) mass is 285 g/mol. The van der Waals surface area contributed by atoms with E-state index >= 15 is 0 Å². The van der Waals surface area contributed by atoms with Crippen molar-refractivity contribution in [2.24, 2.45) is 5.92 Å². The van der Waals surface area contributed by atoms with E-state index in [0.717, 1.165) is 24.2 Å². The Hall–Kier alpha value is -0.720. The second-order valence-electron chi connectivity index (χ2n) is 5.21. The first-order chi connectivity index (χ1) is 9.34. The van der Waals surface area contributed by atoms with Gasteiger partial charge in [-0.1, -0.05) is 32.1 Å². The predicted molar refractivity (Wildman–Crippen MR) is 75.5 cm³/mol. The number of ether oxygens (including phenoxy) is 1. The van der Waals surface area contributed by atoms with Gasteiger partial charge in [0.05, 0.1) is 11.7 Å². The molecule has 6 heteroatoms. The molecule has 1 aromatic rings. The maximum absolute atomic E-state index is 9.75. The first-order valence-electron chi connectivity index (χ1n) is 7.13. The van der Waals surface area contributed by atoms with Crippen molar-refractivity contribution in [2.75, 3.05) is 19.7 Å². The minimum absolute atomic E-state index is 0.266. The lowest BCUT2D eigenvalue weighted by Gasteiger charge is -2.21. The van der Waals surface area contributed by atoms with Crippen molar-refractivity contribution in [3.05, 3.63) is 6.20 Å². The molecule has 0 radical (unpaired) electrons. The normalized spacial score (nSPS) is 18.4. The van der Waals surface area contributed by atoms with Crippen LogP contribution in [0.15, 0.2) is 6.20 Å². The van der Waals surface area contributed by atoms with Crippen LogP contribution in [0.1, 0.15) is 38.5 Å². The molecule has 2 N–H and O–H groups in total. The van der Waals surface area contributed by atoms with Gasteiger partial charge in [-0.3, -0.25) is 0 Å². The van der Waals surface area contributed by atoms with E-state index in [-0.39, 0.29) is 6.61 Å². The zero-order chi connectivity index (χ0) is 13.3. The summed E-state index contributed by atoms with van der Waals surface area (Å²) in [7, 11) is 0. The third kappa shape index (κ3) is 5.84. The van der Waals surface area contributed by atoms with Crippen LogP contribution in [0.4, 0.5) is 0 Å². The number of aliphatic hydroxyl groups is 1. The van der Waals surface area contributed by atoms with Crippen molar-refractivity contribution < 1.29 is 9.84 Å². The van der Waals surface area contributed by atoms with Gasteiger partial charge in [-0.25, -0.2) is 0 Å². The van der Waals surface area contributed by atoms with Gasteiger partial charge in [-0.2, -0.15) is 4.37 Å². The molecule has 1 heterocycles. The molecule has 1 unspecified atom stereocenters. The number of aliphatic hydroxyl groups excluding tert-OH is 1. The van der Waals surface area contributed by atoms with E-state index in [0.29, 0.717) is 12.4 Å². The summed E-state index contributed by atoms with van der Waals surface area (Å²) >= 11 is 1.11. The van der Waals surface area contributed by atoms with E-state index in [2.05, 4.69) is 14.1 Å². The van der Waals surface area contributed by atoms with Crippen LogP contribution < -0.4 is 10.1 Å². The first-order valence-corrected chi connectivity index (χ1v) is 7.87. The molecule has 0 spiro atoms. The van der Waals surface area contributed by atoms with Crippen molar-refractivity contribution in [3.8, 4) is 5.88 Å². The lowest BCUT2D eigenvalue weighted by molar-refractivity contribution is 0.104. The summed E-state index contributed by atoms with van der Waals surface area (Å²) in [6.45, 7) is 1.83. The highest BCUT2D eigenvalue weighted by Crippen LogP contribution is 2.25. The predicted octanol–water partition coefficient (Wildman–Crippen LogP) is 1.84. The average Bonchev–Trinajstić information content (AvgIpc) is 2.96. The van der Waals surface area contributed by atoms with Gasteiger partial charge >= 0.3 is 0 Å². The Balaban J connectivity index is 1.48. The first kappa shape index (κ1) is 14.7. The molecule has 0 amide bonds. The molecule has 2 rings (SSSR count). The van der Waals surface area contributed by atoms with Gasteiger partial charge < -0.3 is 15.2 Å². The maximum Gasteiger partial charge on any atom is 0.245 e. The van der Waals surface area contributed by atoms with Gasteiger partial charge in [0.15, 0.2) is 0 Å². The van der Waals surface area contributed by atoms with Crippen LogP contribution in [-0.2, 0) is 0 Å². The van der Waals surface area contributed by atoms with Crippen LogP contribution in [-0.4, -0.2) is 39.7 Å². The van der Waals surface area contributed by atoms with E-state index in [9.17, 15) is 5.11 Å². The summed E-state index contributed by atoms with van der Waals surface area (Å²) in [6, 6.07) is 0. The third-order valence-corrected chi connectivity index (χ3v) is 4.06. The molecule has 1 aliphatic rings. The molecule has 0 aliphatic heterocycles. The van der Waals surface area contributed by atoms with Gasteiger partial charge in [-0.15, -0.1) is 4.37 Å². The summed E-state index contributed by atoms with van der Waals surface area (Å²) < 4.78 is 13.1. The fourth-order valence-electron chi connectivity index (χ4n) is 2.51. The molecule has 1 aliphatic carbocycles. The second kappa shape index (κ2) is 8.45. The summed E-state index contributed by atoms with van der Waals surface area (Å²) in [5.41, 5.74) is 0. The van der Waals surface area contributed by atoms with Crippen molar-refractivity contribution in [2.45, 2.75) is 44.6 Å². The van der Waals surface area contributed by atoms with Crippen LogP contribution in [0.5, 0.6) is 5.88 Å². The molecule has 0 bridgehead atoms. The smallest absolute Gasteiger partial charge is 0.245 e. The topological polar surface area (TPSA) is 67.3 Å². The Morgan fingerprint density at radius 1 is 1.42 bits per heavy atom. The number of nitrogens with zero attached hydrogens (tertiary/aromatic N) is 2. The third-order valence-electron chi connectivity index (χ3n) is 3.60. The van der Waals surface area contributed by atoms with Gasteiger partial charge in [-0.05, 0) is 18.9 Å². The minimum atomic E-state index is -0.493. The molecule has 1 aromatic heterocycles. The number of nitrogens with one attached hydrogen (secondary N) is 1. The quantitative estimate of drug-likeness (QED) is 0.713. The highest BCUT2D eigenvalue weighted by atomic mass is 32.1. The van der Waals surface area contributed by atoms with E-state index < -0.39 is 6.10 Å². The lowest BCUT2D eigenvalue weighted by Crippen LogP contribution is -2.32. The van der Waals surface area contributed by atoms with Gasteiger partial charge in [0, 0.05) is 6.54 Å². The average molecular weight is 285 g/mol. The lowest BCUT2D eigenvalue weighted by atomic mass is 9.87. The standard InChI is InChI=1S/C13H23N3O2S/c17-12(10-18-13-9-15-19-16-13)8-14-7-6-11-4-2-1-3-5-11/h9,11-12,14,17H,1-8,10H2. The van der Waals surface area contributed by atoms with Crippen molar-refractivity contribution >= 4 is 11.7 Å². The van der Waals surface area contributed by atoms with Crippen molar-refractivity contribution in [1.29, 1.82) is 0 Å². The van der Waals surface area contributed by atoms with Crippen LogP contribution in [0.25, 0.3) is 0 Å². The summed E-state index contributed by atoms with van der Waals surface area (Å²) in [5.74, 6) is 1.38. The molecule has 1 fully saturated rings. The molecular formula is C13H23N3O2S. The Morgan fingerprint density at radius 2 is 2.26 bits per heavy atom. The summed E-state index contributed by atoms with van der Waals surface area (Å²) in [5, 5.41) is 13.1. The van der Waals surface area contributed by atoms with E-state index in [4.69, 9.17) is 4.74 Å². The zero-order valence-corrected chi connectivity index (χ0v) is 12.1. The summed E-state index contributed by atoms with van der Waals surface area (Å²) in [4.78, 5) is 0. The molecule has 0 aromatic carbocycles. The number of aromatic nitrogens is 2. The van der Waals surface area contributed by atoms with E-state index in [1.807, 2.05) is 0 Å². The second-order valence-corrected chi connectivity index (χ2v) is 5.76. The van der Waals surface area contributed by atoms with Crippen molar-refractivity contribution in [1.82, 2.24) is 14.1 Å². The zero-order valence-electron chi connectivity index (χ0n) is 11.3. The van der Waals surface area contributed by atoms with Crippen LogP contribution in [0.2, 0.25) is 0 Å². The Kier molecular flexibility index (Phi) is 6.53. The highest BCUT2D eigenvalue weighted by molar-refractivity contribution is 6.99. The Bertz CT molecular complexity index is 329. The Morgan fingerprint density at radius 3 is 3.00 bits per heavy atom. The van der Waals surface area contributed by atoms with Crippen LogP contribution in [0.3, 0.4) is 0 Å². The van der Waals surface area contributed by atoms with Gasteiger partial charge in [0.25, 0.3) is 0 Å². The fraction of sp³-hybridized carbons (Fsp3) is 0.846. The Labute approximate surface area is 118 Å². The SMILES string of the molecule is OC(CNCCC1CCCCC1)COc1cnsn1.